The lowest BCUT2D eigenvalue weighted by molar-refractivity contribution is -0.137. The van der Waals surface area contributed by atoms with Gasteiger partial charge in [0.1, 0.15) is 11.4 Å². The van der Waals surface area contributed by atoms with Gasteiger partial charge in [-0.15, -0.1) is 0 Å². The first kappa shape index (κ1) is 19.6. The first-order chi connectivity index (χ1) is 11.1. The van der Waals surface area contributed by atoms with Crippen LogP contribution < -0.4 is 15.8 Å². The van der Waals surface area contributed by atoms with E-state index in [1.807, 2.05) is 6.92 Å². The highest BCUT2D eigenvalue weighted by molar-refractivity contribution is 5.89. The summed E-state index contributed by atoms with van der Waals surface area (Å²) >= 11 is 0. The molecule has 4 N–H and O–H groups in total. The fraction of sp³-hybridized carbons (Fsp3) is 0.529. The second-order valence-corrected chi connectivity index (χ2v) is 6.46. The quantitative estimate of drug-likeness (QED) is 0.655. The number of rotatable bonds is 7. The molecule has 0 bridgehead atoms. The van der Waals surface area contributed by atoms with Gasteiger partial charge in [0, 0.05) is 12.5 Å². The predicted molar refractivity (Wildman–Crippen MR) is 92.3 cm³/mol. The number of ether oxygens (including phenoxy) is 2. The van der Waals surface area contributed by atoms with Crippen molar-refractivity contribution < 1.29 is 24.2 Å². The molecule has 24 heavy (non-hydrogen) atoms. The summed E-state index contributed by atoms with van der Waals surface area (Å²) in [6.45, 7) is 7.24. The minimum absolute atomic E-state index is 0.0479. The first-order valence-electron chi connectivity index (χ1n) is 7.88. The predicted octanol–water partition coefficient (Wildman–Crippen LogP) is 3.64. The Balaban J connectivity index is 2.69. The zero-order chi connectivity index (χ0) is 18.3. The molecule has 0 aliphatic heterocycles. The van der Waals surface area contributed by atoms with E-state index in [1.165, 1.54) is 0 Å². The van der Waals surface area contributed by atoms with Crippen molar-refractivity contribution in [1.82, 2.24) is 0 Å². The van der Waals surface area contributed by atoms with Crippen LogP contribution in [-0.4, -0.2) is 28.9 Å². The molecule has 1 atom stereocenters. The lowest BCUT2D eigenvalue weighted by atomic mass is 10.1. The lowest BCUT2D eigenvalue weighted by Gasteiger charge is -2.21. The molecule has 1 aromatic carbocycles. The van der Waals surface area contributed by atoms with E-state index < -0.39 is 17.7 Å². The van der Waals surface area contributed by atoms with Gasteiger partial charge in [-0.25, -0.2) is 4.79 Å². The van der Waals surface area contributed by atoms with Gasteiger partial charge in [0.15, 0.2) is 0 Å². The molecule has 0 heterocycles. The molecule has 0 radical (unpaired) electrons. The summed E-state index contributed by atoms with van der Waals surface area (Å²) in [4.78, 5) is 22.4. The van der Waals surface area contributed by atoms with Gasteiger partial charge in [-0.05, 0) is 45.7 Å². The van der Waals surface area contributed by atoms with Crippen LogP contribution in [0.2, 0.25) is 0 Å². The average molecular weight is 338 g/mol. The van der Waals surface area contributed by atoms with Crippen LogP contribution in [0, 0.1) is 0 Å². The Hall–Kier alpha value is -2.44. The highest BCUT2D eigenvalue weighted by atomic mass is 16.6. The molecule has 0 spiro atoms. The third kappa shape index (κ3) is 7.21. The van der Waals surface area contributed by atoms with Gasteiger partial charge >= 0.3 is 12.1 Å². The van der Waals surface area contributed by atoms with E-state index in [9.17, 15) is 9.59 Å². The third-order valence-corrected chi connectivity index (χ3v) is 3.10. The second-order valence-electron chi connectivity index (χ2n) is 6.46. The summed E-state index contributed by atoms with van der Waals surface area (Å²) in [5.41, 5.74) is 6.10. The minimum atomic E-state index is -0.853. The maximum Gasteiger partial charge on any atom is 0.412 e. The van der Waals surface area contributed by atoms with Gasteiger partial charge in [-0.2, -0.15) is 0 Å². The number of nitrogen functional groups attached to an aromatic ring is 1. The molecule has 1 unspecified atom stereocenters. The highest BCUT2D eigenvalue weighted by Gasteiger charge is 2.17. The molecule has 0 saturated carbocycles. The monoisotopic (exact) mass is 338 g/mol. The van der Waals surface area contributed by atoms with Crippen LogP contribution in [0.15, 0.2) is 18.2 Å². The molecule has 7 heteroatoms. The van der Waals surface area contributed by atoms with Gasteiger partial charge in [-0.1, -0.05) is 6.92 Å². The number of benzene rings is 1. The Bertz CT molecular complexity index is 581. The molecule has 134 valence electrons. The smallest absolute Gasteiger partial charge is 0.412 e. The molecule has 0 aliphatic carbocycles. The number of carboxylic acids is 1. The SMILES string of the molecule is CCC(CCC(=O)O)Oc1ccc(NC(=O)OC(C)(C)C)c(N)c1. The topological polar surface area (TPSA) is 111 Å². The molecule has 7 nitrogen and oxygen atoms in total. The molecule has 0 fully saturated rings. The molecule has 1 aromatic rings. The zero-order valence-electron chi connectivity index (χ0n) is 14.6. The van der Waals surface area contributed by atoms with E-state index in [-0.39, 0.29) is 12.5 Å². The van der Waals surface area contributed by atoms with Crippen LogP contribution in [0.3, 0.4) is 0 Å². The van der Waals surface area contributed by atoms with Crippen molar-refractivity contribution in [3.8, 4) is 5.75 Å². The molecule has 0 aromatic heterocycles. The molecule has 0 aliphatic rings. The van der Waals surface area contributed by atoms with E-state index in [0.29, 0.717) is 30.0 Å². The Morgan fingerprint density at radius 2 is 2.00 bits per heavy atom. The maximum absolute atomic E-state index is 11.8. The van der Waals surface area contributed by atoms with E-state index in [1.54, 1.807) is 39.0 Å². The van der Waals surface area contributed by atoms with Crippen molar-refractivity contribution in [1.29, 1.82) is 0 Å². The van der Waals surface area contributed by atoms with Crippen molar-refractivity contribution >= 4 is 23.4 Å². The fourth-order valence-electron chi connectivity index (χ4n) is 1.96. The van der Waals surface area contributed by atoms with Crippen LogP contribution in [0.5, 0.6) is 5.75 Å². The lowest BCUT2D eigenvalue weighted by Crippen LogP contribution is -2.27. The summed E-state index contributed by atoms with van der Waals surface area (Å²) < 4.78 is 10.9. The number of aliphatic carboxylic acids is 1. The Morgan fingerprint density at radius 1 is 1.33 bits per heavy atom. The Kier molecular flexibility index (Phi) is 6.88. The maximum atomic E-state index is 11.8. The van der Waals surface area contributed by atoms with Crippen molar-refractivity contribution in [3.05, 3.63) is 18.2 Å². The zero-order valence-corrected chi connectivity index (χ0v) is 14.6. The van der Waals surface area contributed by atoms with Crippen molar-refractivity contribution in [2.24, 2.45) is 0 Å². The summed E-state index contributed by atoms with van der Waals surface area (Å²) in [6, 6.07) is 4.89. The highest BCUT2D eigenvalue weighted by Crippen LogP contribution is 2.26. The van der Waals surface area contributed by atoms with Crippen LogP contribution >= 0.6 is 0 Å². The summed E-state index contributed by atoms with van der Waals surface area (Å²) in [6.07, 6.45) is 0.363. The number of carbonyl (C=O) groups is 2. The van der Waals surface area contributed by atoms with E-state index in [4.69, 9.17) is 20.3 Å². The number of hydrogen-bond donors (Lipinski definition) is 3. The molecule has 0 saturated heterocycles. The number of carbonyl (C=O) groups excluding carboxylic acids is 1. The number of hydrogen-bond acceptors (Lipinski definition) is 5. The molecule has 1 amide bonds. The van der Waals surface area contributed by atoms with E-state index in [0.717, 1.165) is 0 Å². The third-order valence-electron chi connectivity index (χ3n) is 3.10. The van der Waals surface area contributed by atoms with Gasteiger partial charge in [0.05, 0.1) is 17.5 Å². The summed E-state index contributed by atoms with van der Waals surface area (Å²) in [7, 11) is 0. The van der Waals surface area contributed by atoms with Crippen molar-refractivity contribution in [3.63, 3.8) is 0 Å². The van der Waals surface area contributed by atoms with Crippen LogP contribution in [0.4, 0.5) is 16.2 Å². The normalized spacial score (nSPS) is 12.3. The number of nitrogens with one attached hydrogen (secondary N) is 1. The van der Waals surface area contributed by atoms with Crippen molar-refractivity contribution in [2.45, 2.75) is 58.7 Å². The molecule has 1 rings (SSSR count). The average Bonchev–Trinajstić information content (AvgIpc) is 2.44. The van der Waals surface area contributed by atoms with Gasteiger partial charge in [0.2, 0.25) is 0 Å². The van der Waals surface area contributed by atoms with Gasteiger partial charge < -0.3 is 20.3 Å². The standard InChI is InChI=1S/C17H26N2O5/c1-5-11(7-9-15(20)21)23-12-6-8-14(13(18)10-12)19-16(22)24-17(2,3)4/h6,8,10-11H,5,7,9,18H2,1-4H3,(H,19,22)(H,20,21). The first-order valence-corrected chi connectivity index (χ1v) is 7.88. The Morgan fingerprint density at radius 3 is 2.50 bits per heavy atom. The number of anilines is 2. The Labute approximate surface area is 142 Å². The molecular weight excluding hydrogens is 312 g/mol. The number of carboxylic acid groups (broad SMARTS) is 1. The summed E-state index contributed by atoms with van der Waals surface area (Å²) in [5, 5.41) is 11.3. The van der Waals surface area contributed by atoms with Gasteiger partial charge in [-0.3, -0.25) is 10.1 Å². The number of amides is 1. The van der Waals surface area contributed by atoms with Gasteiger partial charge in [0.25, 0.3) is 0 Å². The van der Waals surface area contributed by atoms with Crippen LogP contribution in [-0.2, 0) is 9.53 Å². The van der Waals surface area contributed by atoms with Crippen molar-refractivity contribution in [2.75, 3.05) is 11.1 Å². The van der Waals surface area contributed by atoms with E-state index >= 15 is 0 Å². The number of nitrogens with two attached hydrogens (primary N) is 1. The van der Waals surface area contributed by atoms with Crippen LogP contribution in [0.1, 0.15) is 47.0 Å². The fourth-order valence-corrected chi connectivity index (χ4v) is 1.96. The minimum Gasteiger partial charge on any atom is -0.490 e. The molecular formula is C17H26N2O5. The van der Waals surface area contributed by atoms with Crippen LogP contribution in [0.25, 0.3) is 0 Å². The summed E-state index contributed by atoms with van der Waals surface area (Å²) in [5.74, 6) is -0.326. The second kappa shape index (κ2) is 8.42. The largest absolute Gasteiger partial charge is 0.490 e. The van der Waals surface area contributed by atoms with E-state index in [2.05, 4.69) is 5.32 Å².